The monoisotopic (exact) mass is 332 g/mol. The summed E-state index contributed by atoms with van der Waals surface area (Å²) < 4.78 is 5.74. The van der Waals surface area contributed by atoms with E-state index >= 15 is 0 Å². The van der Waals surface area contributed by atoms with E-state index in [0.717, 1.165) is 37.9 Å². The van der Waals surface area contributed by atoms with Gasteiger partial charge >= 0.3 is 0 Å². The number of benzene rings is 1. The molecule has 1 saturated heterocycles. The lowest BCUT2D eigenvalue weighted by Crippen LogP contribution is -2.39. The Labute approximate surface area is 146 Å². The van der Waals surface area contributed by atoms with Crippen molar-refractivity contribution in [3.8, 4) is 5.75 Å². The zero-order valence-electron chi connectivity index (χ0n) is 15.3. The molecule has 0 amide bonds. The Bertz CT molecular complexity index is 501. The Morgan fingerprint density at radius 2 is 2.04 bits per heavy atom. The molecule has 5 heteroatoms. The lowest BCUT2D eigenvalue weighted by atomic mass is 10.1. The van der Waals surface area contributed by atoms with Crippen molar-refractivity contribution in [2.24, 2.45) is 10.9 Å². The standard InChI is InChI=1S/C19H32N4O/c1-4-20-19(22-14-17-10-12-23(5-2)15-17)21-11-13-24-18-8-6-16(3)7-9-18/h6-9,17H,4-5,10-15H2,1-3H3,(H2,20,21,22). The SMILES string of the molecule is CCNC(=NCC1CCN(CC)C1)NCCOc1ccc(C)cc1. The summed E-state index contributed by atoms with van der Waals surface area (Å²) in [6, 6.07) is 8.15. The van der Waals surface area contributed by atoms with Crippen LogP contribution in [0.4, 0.5) is 0 Å². The van der Waals surface area contributed by atoms with Gasteiger partial charge in [-0.05, 0) is 51.4 Å². The molecular formula is C19H32N4O. The van der Waals surface area contributed by atoms with Gasteiger partial charge in [-0.15, -0.1) is 0 Å². The molecule has 134 valence electrons. The molecule has 1 aromatic carbocycles. The van der Waals surface area contributed by atoms with Gasteiger partial charge in [-0.1, -0.05) is 24.6 Å². The summed E-state index contributed by atoms with van der Waals surface area (Å²) in [5, 5.41) is 6.66. The van der Waals surface area contributed by atoms with E-state index in [2.05, 4.69) is 48.4 Å². The normalized spacial score (nSPS) is 18.6. The van der Waals surface area contributed by atoms with Crippen LogP contribution in [-0.2, 0) is 0 Å². The second-order valence-electron chi connectivity index (χ2n) is 6.36. The fraction of sp³-hybridized carbons (Fsp3) is 0.632. The molecule has 1 fully saturated rings. The number of guanidine groups is 1. The minimum atomic E-state index is 0.626. The summed E-state index contributed by atoms with van der Waals surface area (Å²) in [5.41, 5.74) is 1.25. The van der Waals surface area contributed by atoms with Gasteiger partial charge in [0.15, 0.2) is 5.96 Å². The third kappa shape index (κ3) is 6.40. The average Bonchev–Trinajstić information content (AvgIpc) is 3.06. The fourth-order valence-electron chi connectivity index (χ4n) is 2.88. The maximum absolute atomic E-state index is 5.74. The van der Waals surface area contributed by atoms with Crippen LogP contribution in [-0.4, -0.2) is 56.7 Å². The van der Waals surface area contributed by atoms with Crippen molar-refractivity contribution in [2.75, 3.05) is 45.9 Å². The summed E-state index contributed by atoms with van der Waals surface area (Å²) in [4.78, 5) is 7.23. The van der Waals surface area contributed by atoms with E-state index in [1.807, 2.05) is 12.1 Å². The van der Waals surface area contributed by atoms with Crippen LogP contribution in [0.15, 0.2) is 29.3 Å². The Morgan fingerprint density at radius 3 is 2.71 bits per heavy atom. The van der Waals surface area contributed by atoms with Gasteiger partial charge in [0.05, 0.1) is 6.54 Å². The molecule has 1 aliphatic rings. The first kappa shape index (κ1) is 18.6. The smallest absolute Gasteiger partial charge is 0.191 e. The summed E-state index contributed by atoms with van der Waals surface area (Å²) in [6.07, 6.45) is 1.26. The summed E-state index contributed by atoms with van der Waals surface area (Å²) >= 11 is 0. The van der Waals surface area contributed by atoms with Crippen molar-refractivity contribution < 1.29 is 4.74 Å². The van der Waals surface area contributed by atoms with Gasteiger partial charge in [0.25, 0.3) is 0 Å². The molecule has 1 atom stereocenters. The highest BCUT2D eigenvalue weighted by molar-refractivity contribution is 5.79. The van der Waals surface area contributed by atoms with Gasteiger partial charge in [-0.25, -0.2) is 0 Å². The van der Waals surface area contributed by atoms with E-state index in [9.17, 15) is 0 Å². The lowest BCUT2D eigenvalue weighted by Gasteiger charge is -2.14. The molecule has 0 saturated carbocycles. The number of ether oxygens (including phenoxy) is 1. The number of aryl methyl sites for hydroxylation is 1. The van der Waals surface area contributed by atoms with E-state index in [-0.39, 0.29) is 0 Å². The molecule has 0 aromatic heterocycles. The maximum atomic E-state index is 5.74. The molecule has 0 bridgehead atoms. The van der Waals surface area contributed by atoms with E-state index in [1.165, 1.54) is 25.1 Å². The minimum absolute atomic E-state index is 0.626. The number of aliphatic imine (C=N–C) groups is 1. The van der Waals surface area contributed by atoms with Crippen LogP contribution in [0, 0.1) is 12.8 Å². The van der Waals surface area contributed by atoms with Crippen LogP contribution in [0.25, 0.3) is 0 Å². The van der Waals surface area contributed by atoms with E-state index < -0.39 is 0 Å². The number of hydrogen-bond donors (Lipinski definition) is 2. The molecule has 1 aromatic rings. The van der Waals surface area contributed by atoms with Gasteiger partial charge in [0.1, 0.15) is 12.4 Å². The molecule has 0 spiro atoms. The Hall–Kier alpha value is -1.75. The number of nitrogens with zero attached hydrogens (tertiary/aromatic N) is 2. The van der Waals surface area contributed by atoms with Gasteiger partial charge < -0.3 is 20.3 Å². The summed E-state index contributed by atoms with van der Waals surface area (Å²) in [6.45, 7) is 13.1. The molecule has 1 heterocycles. The molecular weight excluding hydrogens is 300 g/mol. The number of nitrogens with one attached hydrogen (secondary N) is 2. The summed E-state index contributed by atoms with van der Waals surface area (Å²) in [5.74, 6) is 2.49. The van der Waals surface area contributed by atoms with Crippen molar-refractivity contribution >= 4 is 5.96 Å². The van der Waals surface area contributed by atoms with E-state index in [1.54, 1.807) is 0 Å². The topological polar surface area (TPSA) is 48.9 Å². The fourth-order valence-corrected chi connectivity index (χ4v) is 2.88. The molecule has 2 N–H and O–H groups in total. The lowest BCUT2D eigenvalue weighted by molar-refractivity contribution is 0.321. The van der Waals surface area contributed by atoms with Crippen LogP contribution >= 0.6 is 0 Å². The third-order valence-corrected chi connectivity index (χ3v) is 4.35. The Balaban J connectivity index is 1.70. The zero-order chi connectivity index (χ0) is 17.2. The highest BCUT2D eigenvalue weighted by Gasteiger charge is 2.20. The van der Waals surface area contributed by atoms with Crippen molar-refractivity contribution in [2.45, 2.75) is 27.2 Å². The Kier molecular flexibility index (Phi) is 7.89. The number of hydrogen-bond acceptors (Lipinski definition) is 3. The molecule has 0 aliphatic carbocycles. The first-order chi connectivity index (χ1) is 11.7. The highest BCUT2D eigenvalue weighted by Crippen LogP contribution is 2.15. The highest BCUT2D eigenvalue weighted by atomic mass is 16.5. The quantitative estimate of drug-likeness (QED) is 0.436. The molecule has 24 heavy (non-hydrogen) atoms. The second kappa shape index (κ2) is 10.2. The predicted molar refractivity (Wildman–Crippen MR) is 101 cm³/mol. The Morgan fingerprint density at radius 1 is 1.25 bits per heavy atom. The van der Waals surface area contributed by atoms with Crippen LogP contribution < -0.4 is 15.4 Å². The van der Waals surface area contributed by atoms with Crippen molar-refractivity contribution in [3.05, 3.63) is 29.8 Å². The van der Waals surface area contributed by atoms with E-state index in [0.29, 0.717) is 12.5 Å². The second-order valence-corrected chi connectivity index (χ2v) is 6.36. The largest absolute Gasteiger partial charge is 0.492 e. The molecule has 0 radical (unpaired) electrons. The first-order valence-corrected chi connectivity index (χ1v) is 9.15. The zero-order valence-corrected chi connectivity index (χ0v) is 15.3. The predicted octanol–water partition coefficient (Wildman–Crippen LogP) is 2.27. The van der Waals surface area contributed by atoms with Crippen molar-refractivity contribution in [3.63, 3.8) is 0 Å². The molecule has 2 rings (SSSR count). The van der Waals surface area contributed by atoms with Gasteiger partial charge in [-0.2, -0.15) is 0 Å². The van der Waals surface area contributed by atoms with Gasteiger partial charge in [-0.3, -0.25) is 4.99 Å². The van der Waals surface area contributed by atoms with Crippen LogP contribution in [0.2, 0.25) is 0 Å². The van der Waals surface area contributed by atoms with Crippen LogP contribution in [0.1, 0.15) is 25.8 Å². The maximum Gasteiger partial charge on any atom is 0.191 e. The first-order valence-electron chi connectivity index (χ1n) is 9.15. The van der Waals surface area contributed by atoms with Crippen molar-refractivity contribution in [1.29, 1.82) is 0 Å². The molecule has 1 unspecified atom stereocenters. The number of rotatable bonds is 8. The van der Waals surface area contributed by atoms with Gasteiger partial charge in [0, 0.05) is 19.6 Å². The molecule has 5 nitrogen and oxygen atoms in total. The summed E-state index contributed by atoms with van der Waals surface area (Å²) in [7, 11) is 0. The van der Waals surface area contributed by atoms with Crippen molar-refractivity contribution in [1.82, 2.24) is 15.5 Å². The van der Waals surface area contributed by atoms with Crippen LogP contribution in [0.3, 0.4) is 0 Å². The molecule has 1 aliphatic heterocycles. The number of likely N-dealkylation sites (tertiary alicyclic amines) is 1. The third-order valence-electron chi connectivity index (χ3n) is 4.35. The van der Waals surface area contributed by atoms with Crippen LogP contribution in [0.5, 0.6) is 5.75 Å². The van der Waals surface area contributed by atoms with Gasteiger partial charge in [0.2, 0.25) is 0 Å². The minimum Gasteiger partial charge on any atom is -0.492 e. The van der Waals surface area contributed by atoms with E-state index in [4.69, 9.17) is 9.73 Å². The average molecular weight is 332 g/mol.